The van der Waals surface area contributed by atoms with Gasteiger partial charge in [-0.05, 0) is 29.8 Å². The molecule has 0 aliphatic rings. The molecule has 0 spiro atoms. The van der Waals surface area contributed by atoms with E-state index in [2.05, 4.69) is 25.6 Å². The summed E-state index contributed by atoms with van der Waals surface area (Å²) < 4.78 is 63.6. The smallest absolute Gasteiger partial charge is 0.245 e. The Morgan fingerprint density at radius 3 is 2.72 bits per heavy atom. The second-order valence-electron chi connectivity index (χ2n) is 6.55. The summed E-state index contributed by atoms with van der Waals surface area (Å²) in [6.45, 7) is -0.106. The summed E-state index contributed by atoms with van der Waals surface area (Å²) in [6.07, 6.45) is 2.44. The fourth-order valence-corrected chi connectivity index (χ4v) is 5.54. The summed E-state index contributed by atoms with van der Waals surface area (Å²) in [6, 6.07) is 8.20. The van der Waals surface area contributed by atoms with E-state index in [9.17, 15) is 17.0 Å². The van der Waals surface area contributed by atoms with Crippen LogP contribution < -0.4 is 10.3 Å². The number of rotatable bonds is 8. The lowest BCUT2D eigenvalue weighted by molar-refractivity contribution is 0.426. The van der Waals surface area contributed by atoms with Crippen molar-refractivity contribution in [1.29, 1.82) is 0 Å². The molecule has 2 atom stereocenters. The average Bonchev–Trinajstić information content (AvgIpc) is 3.34. The Bertz CT molecular complexity index is 1390. The Morgan fingerprint density at radius 2 is 2.03 bits per heavy atom. The van der Waals surface area contributed by atoms with E-state index in [4.69, 9.17) is 8.97 Å². The van der Waals surface area contributed by atoms with Crippen LogP contribution in [0, 0.1) is 5.95 Å². The van der Waals surface area contributed by atoms with Crippen molar-refractivity contribution < 1.29 is 26.0 Å². The SMILES string of the molecule is CS(=O)(=O)C(c1nnc(CNNS(=O)O)o1)c1nc2cc(-c3ccc(F)nc3)ccc2s1. The zero-order valence-electron chi connectivity index (χ0n) is 16.2. The van der Waals surface area contributed by atoms with Crippen LogP contribution in [-0.4, -0.2) is 43.6 Å². The molecule has 0 aliphatic carbocycles. The molecule has 11 nitrogen and oxygen atoms in total. The number of nitrogens with zero attached hydrogens (tertiary/aromatic N) is 4. The third-order valence-electron chi connectivity index (χ3n) is 4.22. The van der Waals surface area contributed by atoms with E-state index in [0.29, 0.717) is 11.1 Å². The van der Waals surface area contributed by atoms with Crippen molar-refractivity contribution in [3.63, 3.8) is 0 Å². The van der Waals surface area contributed by atoms with Crippen molar-refractivity contribution in [1.82, 2.24) is 30.4 Å². The summed E-state index contributed by atoms with van der Waals surface area (Å²) in [5, 5.41) is 6.55. The van der Waals surface area contributed by atoms with Gasteiger partial charge in [-0.25, -0.2) is 28.0 Å². The van der Waals surface area contributed by atoms with Gasteiger partial charge in [-0.15, -0.1) is 21.5 Å². The topological polar surface area (TPSA) is 160 Å². The number of hydrogen-bond acceptors (Lipinski definition) is 10. The lowest BCUT2D eigenvalue weighted by Crippen LogP contribution is -2.32. The first kappa shape index (κ1) is 22.5. The van der Waals surface area contributed by atoms with Crippen LogP contribution in [0.4, 0.5) is 4.39 Å². The largest absolute Gasteiger partial charge is 0.422 e. The molecule has 0 bridgehead atoms. The van der Waals surface area contributed by atoms with E-state index in [0.717, 1.165) is 16.5 Å². The zero-order chi connectivity index (χ0) is 22.9. The van der Waals surface area contributed by atoms with Crippen LogP contribution in [0.2, 0.25) is 0 Å². The predicted octanol–water partition coefficient (Wildman–Crippen LogP) is 1.75. The van der Waals surface area contributed by atoms with Gasteiger partial charge in [-0.2, -0.15) is 9.22 Å². The Hall–Kier alpha value is -2.69. The highest BCUT2D eigenvalue weighted by Gasteiger charge is 2.33. The Kier molecular flexibility index (Phi) is 6.36. The number of fused-ring (bicyclic) bond motifs is 1. The third-order valence-corrected chi connectivity index (χ3v) is 7.07. The lowest BCUT2D eigenvalue weighted by atomic mass is 10.1. The molecule has 168 valence electrons. The van der Waals surface area contributed by atoms with Gasteiger partial charge in [0, 0.05) is 18.0 Å². The molecule has 4 aromatic rings. The minimum atomic E-state index is -3.73. The van der Waals surface area contributed by atoms with Crippen LogP contribution in [0.5, 0.6) is 0 Å². The lowest BCUT2D eigenvalue weighted by Gasteiger charge is -2.07. The van der Waals surface area contributed by atoms with Crippen molar-refractivity contribution in [2.75, 3.05) is 6.26 Å². The van der Waals surface area contributed by atoms with Crippen molar-refractivity contribution in [3.05, 3.63) is 59.3 Å². The van der Waals surface area contributed by atoms with Gasteiger partial charge in [-0.1, -0.05) is 6.07 Å². The van der Waals surface area contributed by atoms with Gasteiger partial charge in [-0.3, -0.25) is 4.55 Å². The molecule has 32 heavy (non-hydrogen) atoms. The molecule has 0 amide bonds. The predicted molar refractivity (Wildman–Crippen MR) is 115 cm³/mol. The molecule has 0 saturated carbocycles. The highest BCUT2D eigenvalue weighted by Crippen LogP contribution is 2.36. The number of aromatic nitrogens is 4. The van der Waals surface area contributed by atoms with Crippen molar-refractivity contribution >= 4 is 42.7 Å². The molecule has 1 aromatic carbocycles. The molecule has 3 heterocycles. The molecule has 0 radical (unpaired) electrons. The number of pyridine rings is 1. The van der Waals surface area contributed by atoms with E-state index in [1.165, 1.54) is 23.6 Å². The van der Waals surface area contributed by atoms with Crippen LogP contribution in [0.1, 0.15) is 22.0 Å². The maximum Gasteiger partial charge on any atom is 0.245 e. The number of halogens is 1. The van der Waals surface area contributed by atoms with E-state index in [1.54, 1.807) is 18.2 Å². The summed E-state index contributed by atoms with van der Waals surface area (Å²) in [7, 11) is -3.73. The van der Waals surface area contributed by atoms with Crippen LogP contribution in [0.3, 0.4) is 0 Å². The van der Waals surface area contributed by atoms with E-state index < -0.39 is 32.3 Å². The van der Waals surface area contributed by atoms with E-state index in [1.807, 2.05) is 10.9 Å². The van der Waals surface area contributed by atoms with Gasteiger partial charge < -0.3 is 4.42 Å². The van der Waals surface area contributed by atoms with Crippen molar-refractivity contribution in [3.8, 4) is 11.1 Å². The fourth-order valence-electron chi connectivity index (χ4n) is 2.87. The maximum atomic E-state index is 13.1. The molecule has 2 unspecified atom stereocenters. The molecule has 3 aromatic heterocycles. The number of nitrogens with one attached hydrogen (secondary N) is 2. The number of benzene rings is 1. The molecular formula is C17H15FN6O5S3. The van der Waals surface area contributed by atoms with Crippen molar-refractivity contribution in [2.45, 2.75) is 11.8 Å². The summed E-state index contributed by atoms with van der Waals surface area (Å²) in [5.41, 5.74) is 4.38. The Labute approximate surface area is 187 Å². The van der Waals surface area contributed by atoms with Gasteiger partial charge in [0.25, 0.3) is 0 Å². The van der Waals surface area contributed by atoms with E-state index in [-0.39, 0.29) is 23.3 Å². The highest BCUT2D eigenvalue weighted by atomic mass is 32.2. The standard InChI is InChI=1S/C17H15FN6O5S3/c1-32(27,28)15(16-23-22-14(29-16)8-20-24-31(25)26)17-21-11-6-9(2-4-12(11)30-17)10-3-5-13(18)19-7-10/h2-7,15,20,24H,8H2,1H3,(H,25,26). The van der Waals surface area contributed by atoms with Gasteiger partial charge in [0.1, 0.15) is 5.01 Å². The van der Waals surface area contributed by atoms with Crippen molar-refractivity contribution in [2.24, 2.45) is 0 Å². The fraction of sp³-hybridized carbons (Fsp3) is 0.176. The minimum absolute atomic E-state index is 0.0128. The number of hydrazine groups is 1. The Balaban J connectivity index is 1.67. The zero-order valence-corrected chi connectivity index (χ0v) is 18.7. The molecule has 0 aliphatic heterocycles. The summed E-state index contributed by atoms with van der Waals surface area (Å²) in [5.74, 6) is -0.744. The van der Waals surface area contributed by atoms with Gasteiger partial charge >= 0.3 is 0 Å². The Morgan fingerprint density at radius 1 is 1.25 bits per heavy atom. The van der Waals surface area contributed by atoms with Crippen LogP contribution in [0.25, 0.3) is 21.3 Å². The van der Waals surface area contributed by atoms with E-state index >= 15 is 0 Å². The number of thiazole rings is 1. The van der Waals surface area contributed by atoms with Gasteiger partial charge in [0.05, 0.1) is 16.8 Å². The average molecular weight is 499 g/mol. The molecule has 15 heteroatoms. The first-order valence-electron chi connectivity index (χ1n) is 8.83. The first-order valence-corrected chi connectivity index (χ1v) is 12.7. The summed E-state index contributed by atoms with van der Waals surface area (Å²) in [4.78, 5) is 10.1. The second-order valence-corrected chi connectivity index (χ2v) is 10.4. The monoisotopic (exact) mass is 498 g/mol. The molecule has 0 fully saturated rings. The number of sulfone groups is 1. The molecule has 4 rings (SSSR count). The van der Waals surface area contributed by atoms with Crippen LogP contribution in [0.15, 0.2) is 40.9 Å². The first-order chi connectivity index (χ1) is 15.2. The molecule has 3 N–H and O–H groups in total. The highest BCUT2D eigenvalue weighted by molar-refractivity contribution is 7.91. The third kappa shape index (κ3) is 5.03. The second kappa shape index (κ2) is 9.05. The molecular weight excluding hydrogens is 483 g/mol. The van der Waals surface area contributed by atoms with Gasteiger partial charge in [0.2, 0.25) is 29.0 Å². The quantitative estimate of drug-likeness (QED) is 0.185. The van der Waals surface area contributed by atoms with Crippen LogP contribution in [-0.2, 0) is 27.6 Å². The normalized spacial score (nSPS) is 14.0. The summed E-state index contributed by atoms with van der Waals surface area (Å²) >= 11 is -1.12. The maximum absolute atomic E-state index is 13.1. The number of hydrogen-bond donors (Lipinski definition) is 3. The van der Waals surface area contributed by atoms with Gasteiger partial charge in [0.15, 0.2) is 15.1 Å². The molecule has 0 saturated heterocycles. The minimum Gasteiger partial charge on any atom is -0.422 e. The van der Waals surface area contributed by atoms with Crippen LogP contribution >= 0.6 is 11.3 Å².